The van der Waals surface area contributed by atoms with Crippen molar-refractivity contribution < 1.29 is 0 Å². The van der Waals surface area contributed by atoms with Crippen molar-refractivity contribution in [2.45, 2.75) is 19.4 Å². The molecule has 0 aliphatic heterocycles. The summed E-state index contributed by atoms with van der Waals surface area (Å²) in [5, 5.41) is 11.7. The number of rotatable bonds is 5. The maximum atomic E-state index is 4.13. The highest BCUT2D eigenvalue weighted by atomic mass is 32.1. The molecule has 2 heterocycles. The Morgan fingerprint density at radius 2 is 2.47 bits per heavy atom. The zero-order chi connectivity index (χ0) is 10.5. The lowest BCUT2D eigenvalue weighted by Crippen LogP contribution is -2.22. The van der Waals surface area contributed by atoms with E-state index in [1.54, 1.807) is 11.3 Å². The van der Waals surface area contributed by atoms with Gasteiger partial charge in [0, 0.05) is 16.7 Å². The van der Waals surface area contributed by atoms with Gasteiger partial charge in [-0.15, -0.1) is 16.4 Å². The van der Waals surface area contributed by atoms with E-state index in [0.717, 1.165) is 18.7 Å². The van der Waals surface area contributed by atoms with Gasteiger partial charge in [-0.05, 0) is 29.5 Å². The predicted octanol–water partition coefficient (Wildman–Crippen LogP) is 2.49. The normalized spacial score (nSPS) is 12.9. The summed E-state index contributed by atoms with van der Waals surface area (Å²) in [6, 6.07) is 4.55. The van der Waals surface area contributed by atoms with E-state index in [1.807, 2.05) is 5.38 Å². The molecule has 2 aromatic rings. The Morgan fingerprint density at radius 3 is 3.07 bits per heavy atom. The number of aromatic nitrogens is 2. The Kier molecular flexibility index (Phi) is 3.82. The molecule has 0 saturated heterocycles. The molecule has 2 aromatic heterocycles. The number of thiophene rings is 1. The minimum Gasteiger partial charge on any atom is -0.309 e. The number of nitrogens with one attached hydrogen (secondary N) is 1. The van der Waals surface area contributed by atoms with Crippen LogP contribution in [0.3, 0.4) is 0 Å². The van der Waals surface area contributed by atoms with Crippen LogP contribution < -0.4 is 5.32 Å². The number of nitrogens with zero attached hydrogens (tertiary/aromatic N) is 2. The van der Waals surface area contributed by atoms with Crippen molar-refractivity contribution >= 4 is 22.9 Å². The standard InChI is InChI=1S/C10H13N3S2/c1-2-11-9(10-7-15-13-12-10)6-8-4-3-5-14-8/h3-5,7,9,11H,2,6H2,1H3. The molecule has 0 bridgehead atoms. The highest BCUT2D eigenvalue weighted by Crippen LogP contribution is 2.20. The third-order valence-electron chi connectivity index (χ3n) is 2.17. The molecule has 0 amide bonds. The lowest BCUT2D eigenvalue weighted by atomic mass is 10.1. The van der Waals surface area contributed by atoms with E-state index in [1.165, 1.54) is 16.4 Å². The van der Waals surface area contributed by atoms with Gasteiger partial charge in [-0.3, -0.25) is 0 Å². The topological polar surface area (TPSA) is 37.8 Å². The predicted molar refractivity (Wildman–Crippen MR) is 64.3 cm³/mol. The monoisotopic (exact) mass is 239 g/mol. The Bertz CT molecular complexity index is 369. The molecule has 2 rings (SSSR count). The quantitative estimate of drug-likeness (QED) is 0.871. The largest absolute Gasteiger partial charge is 0.309 e. The van der Waals surface area contributed by atoms with E-state index in [9.17, 15) is 0 Å². The van der Waals surface area contributed by atoms with E-state index < -0.39 is 0 Å². The summed E-state index contributed by atoms with van der Waals surface area (Å²) in [5.41, 5.74) is 1.05. The van der Waals surface area contributed by atoms with Crippen molar-refractivity contribution in [2.24, 2.45) is 0 Å². The molecule has 15 heavy (non-hydrogen) atoms. The number of likely N-dealkylation sites (N-methyl/N-ethyl adjacent to an activating group) is 1. The van der Waals surface area contributed by atoms with Crippen LogP contribution >= 0.6 is 22.9 Å². The van der Waals surface area contributed by atoms with Crippen LogP contribution in [0.2, 0.25) is 0 Å². The Morgan fingerprint density at radius 1 is 1.53 bits per heavy atom. The molecule has 80 valence electrons. The van der Waals surface area contributed by atoms with E-state index in [0.29, 0.717) is 6.04 Å². The van der Waals surface area contributed by atoms with Crippen LogP contribution in [-0.4, -0.2) is 16.1 Å². The molecule has 3 nitrogen and oxygen atoms in total. The summed E-state index contributed by atoms with van der Waals surface area (Å²) in [6.45, 7) is 3.06. The average molecular weight is 239 g/mol. The molecule has 0 radical (unpaired) electrons. The summed E-state index contributed by atoms with van der Waals surface area (Å²) >= 11 is 3.20. The molecular weight excluding hydrogens is 226 g/mol. The first-order valence-corrected chi connectivity index (χ1v) is 6.64. The van der Waals surface area contributed by atoms with Crippen LogP contribution in [0.25, 0.3) is 0 Å². The van der Waals surface area contributed by atoms with Crippen molar-refractivity contribution in [2.75, 3.05) is 6.54 Å². The molecule has 1 atom stereocenters. The summed E-state index contributed by atoms with van der Waals surface area (Å²) in [6.07, 6.45) is 0.997. The van der Waals surface area contributed by atoms with Crippen molar-refractivity contribution in [3.05, 3.63) is 33.5 Å². The van der Waals surface area contributed by atoms with E-state index >= 15 is 0 Å². The van der Waals surface area contributed by atoms with Crippen LogP contribution in [0.15, 0.2) is 22.9 Å². The van der Waals surface area contributed by atoms with E-state index in [-0.39, 0.29) is 0 Å². The molecule has 0 saturated carbocycles. The lowest BCUT2D eigenvalue weighted by molar-refractivity contribution is 0.539. The van der Waals surface area contributed by atoms with Gasteiger partial charge in [-0.25, -0.2) is 0 Å². The third kappa shape index (κ3) is 2.84. The average Bonchev–Trinajstić information content (AvgIpc) is 2.89. The van der Waals surface area contributed by atoms with Gasteiger partial charge in [0.15, 0.2) is 0 Å². The number of hydrogen-bond donors (Lipinski definition) is 1. The zero-order valence-electron chi connectivity index (χ0n) is 8.51. The number of hydrogen-bond acceptors (Lipinski definition) is 5. The van der Waals surface area contributed by atoms with Gasteiger partial charge in [-0.2, -0.15) is 0 Å². The van der Waals surface area contributed by atoms with Gasteiger partial charge in [0.25, 0.3) is 0 Å². The molecule has 1 N–H and O–H groups in total. The van der Waals surface area contributed by atoms with Crippen LogP contribution in [0.1, 0.15) is 23.5 Å². The van der Waals surface area contributed by atoms with Crippen LogP contribution in [0.4, 0.5) is 0 Å². The first-order chi connectivity index (χ1) is 7.40. The van der Waals surface area contributed by atoms with Gasteiger partial charge >= 0.3 is 0 Å². The van der Waals surface area contributed by atoms with Crippen molar-refractivity contribution in [1.82, 2.24) is 14.9 Å². The molecular formula is C10H13N3S2. The van der Waals surface area contributed by atoms with Gasteiger partial charge in [0.1, 0.15) is 0 Å². The first kappa shape index (κ1) is 10.7. The second-order valence-corrected chi connectivity index (χ2v) is 4.87. The SMILES string of the molecule is CCNC(Cc1cccs1)c1csnn1. The molecule has 0 aliphatic carbocycles. The molecule has 0 aliphatic rings. The maximum Gasteiger partial charge on any atom is 0.0928 e. The fraction of sp³-hybridized carbons (Fsp3) is 0.400. The van der Waals surface area contributed by atoms with Crippen LogP contribution in [0, 0.1) is 0 Å². The highest BCUT2D eigenvalue weighted by molar-refractivity contribution is 7.09. The smallest absolute Gasteiger partial charge is 0.0928 e. The third-order valence-corrected chi connectivity index (χ3v) is 3.59. The minimum atomic E-state index is 0.299. The van der Waals surface area contributed by atoms with Gasteiger partial charge < -0.3 is 5.32 Å². The van der Waals surface area contributed by atoms with Crippen molar-refractivity contribution in [3.63, 3.8) is 0 Å². The summed E-state index contributed by atoms with van der Waals surface area (Å²) in [7, 11) is 0. The van der Waals surface area contributed by atoms with Gasteiger partial charge in [0.2, 0.25) is 0 Å². The summed E-state index contributed by atoms with van der Waals surface area (Å²) < 4.78 is 3.91. The molecule has 0 spiro atoms. The summed E-state index contributed by atoms with van der Waals surface area (Å²) in [5.74, 6) is 0. The first-order valence-electron chi connectivity index (χ1n) is 4.93. The highest BCUT2D eigenvalue weighted by Gasteiger charge is 2.14. The fourth-order valence-corrected chi connectivity index (χ4v) is 2.74. The van der Waals surface area contributed by atoms with Gasteiger partial charge in [-0.1, -0.05) is 17.5 Å². The Labute approximate surface area is 97.3 Å². The van der Waals surface area contributed by atoms with Crippen LogP contribution in [-0.2, 0) is 6.42 Å². The van der Waals surface area contributed by atoms with E-state index in [2.05, 4.69) is 39.3 Å². The zero-order valence-corrected chi connectivity index (χ0v) is 10.1. The van der Waals surface area contributed by atoms with Crippen LogP contribution in [0.5, 0.6) is 0 Å². The molecule has 1 unspecified atom stereocenters. The molecule has 0 aromatic carbocycles. The Hall–Kier alpha value is -0.780. The molecule has 0 fully saturated rings. The second-order valence-electron chi connectivity index (χ2n) is 3.22. The lowest BCUT2D eigenvalue weighted by Gasteiger charge is -2.13. The Balaban J connectivity index is 2.07. The van der Waals surface area contributed by atoms with Crippen molar-refractivity contribution in [1.29, 1.82) is 0 Å². The maximum absolute atomic E-state index is 4.13. The molecule has 5 heteroatoms. The van der Waals surface area contributed by atoms with Crippen molar-refractivity contribution in [3.8, 4) is 0 Å². The minimum absolute atomic E-state index is 0.299. The second kappa shape index (κ2) is 5.34. The van der Waals surface area contributed by atoms with Gasteiger partial charge in [0.05, 0.1) is 11.7 Å². The summed E-state index contributed by atoms with van der Waals surface area (Å²) in [4.78, 5) is 1.38. The van der Waals surface area contributed by atoms with E-state index in [4.69, 9.17) is 0 Å². The fourth-order valence-electron chi connectivity index (χ4n) is 1.48.